The number of hydrogen-bond donors (Lipinski definition) is 0. The average molecular weight is 195 g/mol. The summed E-state index contributed by atoms with van der Waals surface area (Å²) in [5.41, 5.74) is 4.52. The van der Waals surface area contributed by atoms with Crippen LogP contribution in [0.15, 0.2) is 18.2 Å². The first kappa shape index (κ1) is 9.08. The summed E-state index contributed by atoms with van der Waals surface area (Å²) in [6.07, 6.45) is 6.27. The Balaban J connectivity index is 2.24. The Labute approximate surface area is 84.9 Å². The summed E-state index contributed by atoms with van der Waals surface area (Å²) < 4.78 is 0. The molecule has 0 N–H and O–H groups in total. The third-order valence-electron chi connectivity index (χ3n) is 2.80. The highest BCUT2D eigenvalue weighted by molar-refractivity contribution is 6.17. The molecule has 0 unspecified atom stereocenters. The Morgan fingerprint density at radius 3 is 2.62 bits per heavy atom. The van der Waals surface area contributed by atoms with Crippen molar-refractivity contribution in [1.82, 2.24) is 0 Å². The van der Waals surface area contributed by atoms with Gasteiger partial charge >= 0.3 is 0 Å². The van der Waals surface area contributed by atoms with Gasteiger partial charge in [-0.15, -0.1) is 11.6 Å². The average Bonchev–Trinajstić information content (AvgIpc) is 2.18. The van der Waals surface area contributed by atoms with Crippen molar-refractivity contribution in [3.8, 4) is 0 Å². The third kappa shape index (κ3) is 2.05. The van der Waals surface area contributed by atoms with E-state index in [1.54, 1.807) is 11.1 Å². The largest absolute Gasteiger partial charge is 0.126 e. The molecular weight excluding hydrogens is 180 g/mol. The monoisotopic (exact) mass is 194 g/mol. The molecule has 0 aromatic heterocycles. The first-order valence-corrected chi connectivity index (χ1v) is 5.60. The zero-order valence-corrected chi connectivity index (χ0v) is 8.61. The molecule has 0 saturated heterocycles. The Hall–Kier alpha value is -0.490. The summed E-state index contributed by atoms with van der Waals surface area (Å²) >= 11 is 5.72. The van der Waals surface area contributed by atoms with E-state index in [0.717, 1.165) is 12.3 Å². The molecule has 1 aliphatic carbocycles. The van der Waals surface area contributed by atoms with Crippen LogP contribution in [0.2, 0.25) is 0 Å². The van der Waals surface area contributed by atoms with E-state index in [-0.39, 0.29) is 0 Å². The molecule has 0 bridgehead atoms. The summed E-state index contributed by atoms with van der Waals surface area (Å²) in [6, 6.07) is 6.86. The molecule has 1 heteroatoms. The molecule has 0 radical (unpaired) electrons. The van der Waals surface area contributed by atoms with Gasteiger partial charge in [0.2, 0.25) is 0 Å². The summed E-state index contributed by atoms with van der Waals surface area (Å²) in [4.78, 5) is 0. The van der Waals surface area contributed by atoms with Gasteiger partial charge in [0.25, 0.3) is 0 Å². The van der Waals surface area contributed by atoms with Crippen LogP contribution >= 0.6 is 11.6 Å². The molecule has 0 aliphatic heterocycles. The zero-order valence-electron chi connectivity index (χ0n) is 7.85. The summed E-state index contributed by atoms with van der Waals surface area (Å²) in [5.74, 6) is 0.735. The van der Waals surface area contributed by atoms with Crippen LogP contribution in [0.25, 0.3) is 0 Å². The smallest absolute Gasteiger partial charge is 0.0263 e. The van der Waals surface area contributed by atoms with Crippen LogP contribution in [-0.2, 0) is 19.3 Å². The van der Waals surface area contributed by atoms with Gasteiger partial charge in [-0.1, -0.05) is 18.2 Å². The lowest BCUT2D eigenvalue weighted by Crippen LogP contribution is -2.03. The second-order valence-electron chi connectivity index (χ2n) is 3.75. The number of hydrogen-bond acceptors (Lipinski definition) is 0. The molecule has 0 saturated carbocycles. The molecule has 0 atom stereocenters. The Morgan fingerprint density at radius 1 is 1.08 bits per heavy atom. The zero-order chi connectivity index (χ0) is 9.10. The number of halogens is 1. The molecule has 0 spiro atoms. The fraction of sp³-hybridized carbons (Fsp3) is 0.500. The lowest BCUT2D eigenvalue weighted by atomic mass is 9.90. The van der Waals surface area contributed by atoms with Gasteiger partial charge in [0.1, 0.15) is 0 Å². The van der Waals surface area contributed by atoms with Crippen molar-refractivity contribution >= 4 is 11.6 Å². The molecular formula is C12H15Cl. The second-order valence-corrected chi connectivity index (χ2v) is 4.13. The van der Waals surface area contributed by atoms with Gasteiger partial charge in [-0.3, -0.25) is 0 Å². The predicted octanol–water partition coefficient (Wildman–Crippen LogP) is 3.35. The summed E-state index contributed by atoms with van der Waals surface area (Å²) in [5, 5.41) is 0. The molecule has 70 valence electrons. The van der Waals surface area contributed by atoms with Crippen LogP contribution in [0.5, 0.6) is 0 Å². The molecule has 1 aliphatic rings. The van der Waals surface area contributed by atoms with E-state index in [4.69, 9.17) is 11.6 Å². The Bertz CT molecular complexity index is 291. The number of aryl methyl sites for hydroxylation is 3. The van der Waals surface area contributed by atoms with Gasteiger partial charge < -0.3 is 0 Å². The van der Waals surface area contributed by atoms with Gasteiger partial charge in [-0.2, -0.15) is 0 Å². The highest BCUT2D eigenvalue weighted by Gasteiger charge is 2.08. The Kier molecular flexibility index (Phi) is 2.90. The fourth-order valence-corrected chi connectivity index (χ4v) is 2.27. The quantitative estimate of drug-likeness (QED) is 0.634. The van der Waals surface area contributed by atoms with E-state index in [0.29, 0.717) is 0 Å². The van der Waals surface area contributed by atoms with Crippen molar-refractivity contribution in [2.45, 2.75) is 32.1 Å². The molecule has 2 rings (SSSR count). The number of fused-ring (bicyclic) bond motifs is 1. The molecule has 0 fully saturated rings. The third-order valence-corrected chi connectivity index (χ3v) is 2.99. The summed E-state index contributed by atoms with van der Waals surface area (Å²) in [6.45, 7) is 0. The van der Waals surface area contributed by atoms with Crippen molar-refractivity contribution in [1.29, 1.82) is 0 Å². The minimum absolute atomic E-state index is 0.735. The normalized spacial score (nSPS) is 15.5. The molecule has 0 amide bonds. The van der Waals surface area contributed by atoms with Gasteiger partial charge in [0.05, 0.1) is 0 Å². The number of rotatable bonds is 2. The lowest BCUT2D eigenvalue weighted by Gasteiger charge is -2.16. The van der Waals surface area contributed by atoms with E-state index < -0.39 is 0 Å². The van der Waals surface area contributed by atoms with E-state index in [1.165, 1.54) is 31.2 Å². The standard InChI is InChI=1S/C12H15Cl/c13-8-7-10-5-6-11-3-1-2-4-12(11)9-10/h5-6,9H,1-4,7-8H2. The van der Waals surface area contributed by atoms with Crippen molar-refractivity contribution in [2.75, 3.05) is 5.88 Å². The van der Waals surface area contributed by atoms with Crippen LogP contribution in [0.4, 0.5) is 0 Å². The molecule has 1 aromatic carbocycles. The van der Waals surface area contributed by atoms with Crippen LogP contribution in [-0.4, -0.2) is 5.88 Å². The van der Waals surface area contributed by atoms with Crippen molar-refractivity contribution in [2.24, 2.45) is 0 Å². The van der Waals surface area contributed by atoms with Gasteiger partial charge in [-0.25, -0.2) is 0 Å². The highest BCUT2D eigenvalue weighted by atomic mass is 35.5. The van der Waals surface area contributed by atoms with Crippen molar-refractivity contribution in [3.63, 3.8) is 0 Å². The van der Waals surface area contributed by atoms with Gasteiger partial charge in [0.15, 0.2) is 0 Å². The molecule has 13 heavy (non-hydrogen) atoms. The fourth-order valence-electron chi connectivity index (χ4n) is 2.05. The van der Waals surface area contributed by atoms with Crippen molar-refractivity contribution < 1.29 is 0 Å². The van der Waals surface area contributed by atoms with Crippen LogP contribution < -0.4 is 0 Å². The van der Waals surface area contributed by atoms with E-state index in [9.17, 15) is 0 Å². The number of alkyl halides is 1. The summed E-state index contributed by atoms with van der Waals surface area (Å²) in [7, 11) is 0. The van der Waals surface area contributed by atoms with Crippen LogP contribution in [0.3, 0.4) is 0 Å². The first-order chi connectivity index (χ1) is 6.40. The van der Waals surface area contributed by atoms with E-state index in [2.05, 4.69) is 18.2 Å². The lowest BCUT2D eigenvalue weighted by molar-refractivity contribution is 0.684. The maximum Gasteiger partial charge on any atom is 0.0263 e. The minimum atomic E-state index is 0.735. The van der Waals surface area contributed by atoms with Crippen LogP contribution in [0, 0.1) is 0 Å². The SMILES string of the molecule is ClCCc1ccc2c(c1)CCCC2. The number of benzene rings is 1. The highest BCUT2D eigenvalue weighted by Crippen LogP contribution is 2.22. The second kappa shape index (κ2) is 4.15. The molecule has 0 heterocycles. The predicted molar refractivity (Wildman–Crippen MR) is 57.5 cm³/mol. The first-order valence-electron chi connectivity index (χ1n) is 5.07. The minimum Gasteiger partial charge on any atom is -0.126 e. The maximum atomic E-state index is 5.72. The topological polar surface area (TPSA) is 0 Å². The molecule has 0 nitrogen and oxygen atoms in total. The van der Waals surface area contributed by atoms with E-state index >= 15 is 0 Å². The molecule has 1 aromatic rings. The Morgan fingerprint density at radius 2 is 1.85 bits per heavy atom. The van der Waals surface area contributed by atoms with Gasteiger partial charge in [-0.05, 0) is 48.8 Å². The maximum absolute atomic E-state index is 5.72. The van der Waals surface area contributed by atoms with Crippen LogP contribution in [0.1, 0.15) is 29.5 Å². The van der Waals surface area contributed by atoms with Crippen molar-refractivity contribution in [3.05, 3.63) is 34.9 Å². The van der Waals surface area contributed by atoms with Gasteiger partial charge in [0, 0.05) is 5.88 Å². The van der Waals surface area contributed by atoms with E-state index in [1.807, 2.05) is 0 Å².